The molecule has 0 radical (unpaired) electrons. The van der Waals surface area contributed by atoms with E-state index in [1.807, 2.05) is 18.2 Å². The molecular formula is C14H9ClFIO. The molecule has 4 heteroatoms. The topological polar surface area (TPSA) is 17.1 Å². The van der Waals surface area contributed by atoms with Gasteiger partial charge in [0.1, 0.15) is 5.82 Å². The first-order valence-corrected chi connectivity index (χ1v) is 6.74. The van der Waals surface area contributed by atoms with Crippen molar-refractivity contribution in [2.24, 2.45) is 0 Å². The van der Waals surface area contributed by atoms with Gasteiger partial charge < -0.3 is 0 Å². The summed E-state index contributed by atoms with van der Waals surface area (Å²) in [5.41, 5.74) is 1.26. The Morgan fingerprint density at radius 2 is 2.00 bits per heavy atom. The summed E-state index contributed by atoms with van der Waals surface area (Å²) in [4.78, 5) is 12.0. The summed E-state index contributed by atoms with van der Waals surface area (Å²) in [6, 6.07) is 11.8. The van der Waals surface area contributed by atoms with Crippen LogP contribution in [-0.4, -0.2) is 5.78 Å². The van der Waals surface area contributed by atoms with Crippen LogP contribution in [0.1, 0.15) is 15.9 Å². The van der Waals surface area contributed by atoms with Crippen molar-refractivity contribution in [1.82, 2.24) is 0 Å². The van der Waals surface area contributed by atoms with E-state index in [4.69, 9.17) is 11.6 Å². The quantitative estimate of drug-likeness (QED) is 0.571. The van der Waals surface area contributed by atoms with Crippen molar-refractivity contribution in [3.63, 3.8) is 0 Å². The molecule has 2 aromatic rings. The Balaban J connectivity index is 2.18. The van der Waals surface area contributed by atoms with Gasteiger partial charge in [0, 0.05) is 15.6 Å². The third-order valence-electron chi connectivity index (χ3n) is 2.50. The van der Waals surface area contributed by atoms with Gasteiger partial charge in [0.2, 0.25) is 0 Å². The first-order valence-electron chi connectivity index (χ1n) is 5.29. The van der Waals surface area contributed by atoms with E-state index < -0.39 is 5.82 Å². The molecule has 0 unspecified atom stereocenters. The van der Waals surface area contributed by atoms with Gasteiger partial charge in [0.05, 0.1) is 5.02 Å². The van der Waals surface area contributed by atoms with Crippen LogP contribution < -0.4 is 0 Å². The number of ketones is 1. The maximum absolute atomic E-state index is 13.3. The molecule has 1 nitrogen and oxygen atoms in total. The van der Waals surface area contributed by atoms with E-state index in [0.29, 0.717) is 11.1 Å². The predicted octanol–water partition coefficient (Wildman–Crippen LogP) is 4.51. The number of benzene rings is 2. The summed E-state index contributed by atoms with van der Waals surface area (Å²) in [7, 11) is 0. The Kier molecular flexibility index (Phi) is 4.35. The second kappa shape index (κ2) is 5.80. The molecule has 0 saturated carbocycles. The van der Waals surface area contributed by atoms with Crippen molar-refractivity contribution in [3.05, 3.63) is 68.0 Å². The second-order valence-corrected chi connectivity index (χ2v) is 5.51. The number of halogens is 3. The van der Waals surface area contributed by atoms with E-state index >= 15 is 0 Å². The molecule has 18 heavy (non-hydrogen) atoms. The van der Waals surface area contributed by atoms with Crippen LogP contribution in [0.2, 0.25) is 5.02 Å². The monoisotopic (exact) mass is 374 g/mol. The molecule has 0 aliphatic carbocycles. The van der Waals surface area contributed by atoms with E-state index in [1.54, 1.807) is 12.1 Å². The average Bonchev–Trinajstić information content (AvgIpc) is 2.34. The lowest BCUT2D eigenvalue weighted by molar-refractivity contribution is 0.0993. The fourth-order valence-corrected chi connectivity index (χ4v) is 2.26. The van der Waals surface area contributed by atoms with Gasteiger partial charge in [-0.05, 0) is 52.4 Å². The van der Waals surface area contributed by atoms with Crippen LogP contribution in [-0.2, 0) is 6.42 Å². The molecule has 0 aliphatic rings. The largest absolute Gasteiger partial charge is 0.294 e. The van der Waals surface area contributed by atoms with Gasteiger partial charge in [-0.1, -0.05) is 29.8 Å². The summed E-state index contributed by atoms with van der Waals surface area (Å²) >= 11 is 7.74. The van der Waals surface area contributed by atoms with Gasteiger partial charge in [-0.3, -0.25) is 4.79 Å². The lowest BCUT2D eigenvalue weighted by Crippen LogP contribution is -2.04. The fraction of sp³-hybridized carbons (Fsp3) is 0.0714. The zero-order valence-electron chi connectivity index (χ0n) is 9.29. The van der Waals surface area contributed by atoms with E-state index in [-0.39, 0.29) is 17.2 Å². The van der Waals surface area contributed by atoms with Crippen molar-refractivity contribution in [2.75, 3.05) is 0 Å². The number of hydrogen-bond acceptors (Lipinski definition) is 1. The van der Waals surface area contributed by atoms with Crippen molar-refractivity contribution in [1.29, 1.82) is 0 Å². The first-order chi connectivity index (χ1) is 8.56. The molecule has 0 fully saturated rings. The third kappa shape index (κ3) is 3.29. The fourth-order valence-electron chi connectivity index (χ4n) is 1.60. The number of Topliss-reactive ketones (excluding diaryl/α,β-unsaturated/α-hetero) is 1. The summed E-state index contributed by atoms with van der Waals surface area (Å²) in [6.07, 6.45) is 0.175. The third-order valence-corrected chi connectivity index (χ3v) is 3.47. The number of carbonyl (C=O) groups is 1. The number of rotatable bonds is 3. The van der Waals surface area contributed by atoms with Crippen LogP contribution in [0.15, 0.2) is 42.5 Å². The Labute approximate surface area is 123 Å². The van der Waals surface area contributed by atoms with Gasteiger partial charge in [0.25, 0.3) is 0 Å². The van der Waals surface area contributed by atoms with Gasteiger partial charge >= 0.3 is 0 Å². The molecule has 0 spiro atoms. The van der Waals surface area contributed by atoms with Crippen LogP contribution in [0, 0.1) is 9.39 Å². The Morgan fingerprint density at radius 3 is 2.67 bits per heavy atom. The predicted molar refractivity (Wildman–Crippen MR) is 78.6 cm³/mol. The Bertz CT molecular complexity index is 598. The maximum Gasteiger partial charge on any atom is 0.167 e. The molecule has 0 aliphatic heterocycles. The molecule has 92 valence electrons. The molecule has 2 aromatic carbocycles. The highest BCUT2D eigenvalue weighted by molar-refractivity contribution is 14.1. The normalized spacial score (nSPS) is 10.4. The molecular weight excluding hydrogens is 366 g/mol. The molecule has 0 bridgehead atoms. The summed E-state index contributed by atoms with van der Waals surface area (Å²) < 4.78 is 14.3. The van der Waals surface area contributed by atoms with Gasteiger partial charge in [-0.2, -0.15) is 0 Å². The second-order valence-electron chi connectivity index (χ2n) is 3.86. The lowest BCUT2D eigenvalue weighted by Gasteiger charge is -2.03. The Morgan fingerprint density at radius 1 is 1.22 bits per heavy atom. The van der Waals surface area contributed by atoms with Gasteiger partial charge in [0.15, 0.2) is 5.78 Å². The molecule has 0 amide bonds. The summed E-state index contributed by atoms with van der Waals surface area (Å²) in [5, 5.41) is 0.0699. The summed E-state index contributed by atoms with van der Waals surface area (Å²) in [5.74, 6) is -0.528. The van der Waals surface area contributed by atoms with Crippen molar-refractivity contribution in [3.8, 4) is 0 Å². The first kappa shape index (κ1) is 13.5. The number of hydrogen-bond donors (Lipinski definition) is 0. The van der Waals surface area contributed by atoms with E-state index in [1.165, 1.54) is 12.1 Å². The Hall–Kier alpha value is -0.940. The van der Waals surface area contributed by atoms with Crippen molar-refractivity contribution < 1.29 is 9.18 Å². The van der Waals surface area contributed by atoms with Crippen LogP contribution in [0.25, 0.3) is 0 Å². The summed E-state index contributed by atoms with van der Waals surface area (Å²) in [6.45, 7) is 0. The molecule has 0 saturated heterocycles. The molecule has 0 atom stereocenters. The van der Waals surface area contributed by atoms with Crippen LogP contribution in [0.3, 0.4) is 0 Å². The van der Waals surface area contributed by atoms with Crippen molar-refractivity contribution in [2.45, 2.75) is 6.42 Å². The van der Waals surface area contributed by atoms with E-state index in [9.17, 15) is 9.18 Å². The smallest absolute Gasteiger partial charge is 0.167 e. The number of carbonyl (C=O) groups excluding carboxylic acids is 1. The van der Waals surface area contributed by atoms with E-state index in [2.05, 4.69) is 22.6 Å². The maximum atomic E-state index is 13.3. The van der Waals surface area contributed by atoms with E-state index in [0.717, 1.165) is 3.57 Å². The minimum absolute atomic E-state index is 0.0322. The molecule has 2 rings (SSSR count). The van der Waals surface area contributed by atoms with Crippen LogP contribution in [0.4, 0.5) is 4.39 Å². The van der Waals surface area contributed by atoms with Gasteiger partial charge in [-0.15, -0.1) is 0 Å². The van der Waals surface area contributed by atoms with Gasteiger partial charge in [-0.25, -0.2) is 4.39 Å². The molecule has 0 aromatic heterocycles. The zero-order valence-corrected chi connectivity index (χ0v) is 12.2. The highest BCUT2D eigenvalue weighted by Crippen LogP contribution is 2.17. The highest BCUT2D eigenvalue weighted by atomic mass is 127. The molecule has 0 N–H and O–H groups in total. The SMILES string of the molecule is O=C(Cc1ccc(Cl)c(F)c1)c1cccc(I)c1. The van der Waals surface area contributed by atoms with Crippen LogP contribution in [0.5, 0.6) is 0 Å². The zero-order chi connectivity index (χ0) is 13.1. The lowest BCUT2D eigenvalue weighted by atomic mass is 10.0. The average molecular weight is 375 g/mol. The highest BCUT2D eigenvalue weighted by Gasteiger charge is 2.09. The minimum atomic E-state index is -0.496. The van der Waals surface area contributed by atoms with Crippen LogP contribution >= 0.6 is 34.2 Å². The molecule has 0 heterocycles. The minimum Gasteiger partial charge on any atom is -0.294 e. The standard InChI is InChI=1S/C14H9ClFIO/c15-12-5-4-9(6-13(12)16)7-14(18)10-2-1-3-11(17)8-10/h1-6,8H,7H2. The van der Waals surface area contributed by atoms with Crippen molar-refractivity contribution >= 4 is 40.0 Å².